The molecule has 0 bridgehead atoms. The maximum atomic E-state index is 12.0. The number of carbonyl (C=O) groups is 2. The predicted octanol–water partition coefficient (Wildman–Crippen LogP) is 0.478. The minimum Gasteiger partial charge on any atom is -0.345 e. The van der Waals surface area contributed by atoms with E-state index in [2.05, 4.69) is 30.8 Å². The van der Waals surface area contributed by atoms with Gasteiger partial charge in [0, 0.05) is 17.7 Å². The van der Waals surface area contributed by atoms with Crippen molar-refractivity contribution in [2.75, 3.05) is 5.32 Å². The molecule has 0 aromatic carbocycles. The van der Waals surface area contributed by atoms with Crippen LogP contribution in [0.3, 0.4) is 0 Å². The zero-order chi connectivity index (χ0) is 14.7. The van der Waals surface area contributed by atoms with Crippen molar-refractivity contribution in [1.29, 1.82) is 0 Å². The fraction of sp³-hybridized carbons (Fsp3) is 0.308. The Labute approximate surface area is 120 Å². The maximum absolute atomic E-state index is 12.0. The van der Waals surface area contributed by atoms with Gasteiger partial charge in [0.25, 0.3) is 5.91 Å². The number of aromatic amines is 1. The van der Waals surface area contributed by atoms with Gasteiger partial charge in [-0.1, -0.05) is 0 Å². The molecule has 2 heterocycles. The van der Waals surface area contributed by atoms with Crippen LogP contribution in [0.15, 0.2) is 24.7 Å². The molecule has 0 radical (unpaired) electrons. The van der Waals surface area contributed by atoms with E-state index in [4.69, 9.17) is 0 Å². The molecule has 8 heteroatoms. The molecule has 0 saturated heterocycles. The number of nitrogens with one attached hydrogen (secondary N) is 3. The lowest BCUT2D eigenvalue weighted by molar-refractivity contribution is -0.117. The largest absolute Gasteiger partial charge is 0.345 e. The first-order valence-corrected chi connectivity index (χ1v) is 6.62. The Balaban J connectivity index is 1.61. The summed E-state index contributed by atoms with van der Waals surface area (Å²) in [6, 6.07) is 3.14. The number of nitrogens with zero attached hydrogens (tertiary/aromatic N) is 3. The van der Waals surface area contributed by atoms with Gasteiger partial charge in [0.1, 0.15) is 18.0 Å². The van der Waals surface area contributed by atoms with Crippen molar-refractivity contribution >= 4 is 17.6 Å². The fourth-order valence-corrected chi connectivity index (χ4v) is 1.80. The van der Waals surface area contributed by atoms with Gasteiger partial charge < -0.3 is 10.6 Å². The molecular weight excluding hydrogens is 272 g/mol. The van der Waals surface area contributed by atoms with Gasteiger partial charge in [-0.3, -0.25) is 14.7 Å². The standard InChI is InChI=1S/C13H14N6O2/c20-12(15-6-11-16-7-17-19-11)9-3-4-14-10(5-9)18-13(21)8-1-2-8/h3-5,7-8H,1-2,6H2,(H,15,20)(H,14,18,21)(H,16,17,19). The fourth-order valence-electron chi connectivity index (χ4n) is 1.80. The van der Waals surface area contributed by atoms with Gasteiger partial charge in [0.2, 0.25) is 5.91 Å². The third-order valence-corrected chi connectivity index (χ3v) is 3.10. The minimum absolute atomic E-state index is 0.0401. The van der Waals surface area contributed by atoms with E-state index in [-0.39, 0.29) is 24.3 Å². The van der Waals surface area contributed by atoms with Crippen molar-refractivity contribution < 1.29 is 9.59 Å². The Morgan fingerprint density at radius 3 is 2.90 bits per heavy atom. The van der Waals surface area contributed by atoms with Crippen molar-refractivity contribution in [3.63, 3.8) is 0 Å². The third-order valence-electron chi connectivity index (χ3n) is 3.10. The van der Waals surface area contributed by atoms with E-state index in [1.165, 1.54) is 12.5 Å². The van der Waals surface area contributed by atoms with Crippen molar-refractivity contribution in [2.24, 2.45) is 5.92 Å². The van der Waals surface area contributed by atoms with Crippen LogP contribution in [0.4, 0.5) is 5.82 Å². The molecule has 1 aliphatic rings. The molecule has 1 aliphatic carbocycles. The molecule has 0 unspecified atom stereocenters. The monoisotopic (exact) mass is 286 g/mol. The van der Waals surface area contributed by atoms with Crippen LogP contribution in [0, 0.1) is 5.92 Å². The summed E-state index contributed by atoms with van der Waals surface area (Å²) in [4.78, 5) is 31.6. The molecular formula is C13H14N6O2. The zero-order valence-electron chi connectivity index (χ0n) is 11.2. The van der Waals surface area contributed by atoms with Crippen molar-refractivity contribution in [1.82, 2.24) is 25.5 Å². The van der Waals surface area contributed by atoms with Crippen molar-refractivity contribution in [2.45, 2.75) is 19.4 Å². The highest BCUT2D eigenvalue weighted by molar-refractivity contribution is 5.97. The van der Waals surface area contributed by atoms with Gasteiger partial charge in [-0.2, -0.15) is 5.10 Å². The molecule has 2 aromatic rings. The second-order valence-corrected chi connectivity index (χ2v) is 4.81. The van der Waals surface area contributed by atoms with E-state index in [1.54, 1.807) is 12.1 Å². The average molecular weight is 286 g/mol. The number of H-pyrrole nitrogens is 1. The summed E-state index contributed by atoms with van der Waals surface area (Å²) >= 11 is 0. The summed E-state index contributed by atoms with van der Waals surface area (Å²) < 4.78 is 0. The van der Waals surface area contributed by atoms with Crippen LogP contribution < -0.4 is 10.6 Å². The molecule has 0 atom stereocenters. The van der Waals surface area contributed by atoms with Crippen LogP contribution in [-0.2, 0) is 11.3 Å². The second-order valence-electron chi connectivity index (χ2n) is 4.81. The number of aromatic nitrogens is 4. The number of hydrogen-bond acceptors (Lipinski definition) is 5. The Hall–Kier alpha value is -2.77. The average Bonchev–Trinajstić information content (AvgIpc) is 3.22. The summed E-state index contributed by atoms with van der Waals surface area (Å²) in [5.74, 6) is 0.743. The van der Waals surface area contributed by atoms with E-state index in [0.29, 0.717) is 17.2 Å². The molecule has 2 amide bonds. The lowest BCUT2D eigenvalue weighted by Gasteiger charge is -2.06. The number of amides is 2. The van der Waals surface area contributed by atoms with Gasteiger partial charge >= 0.3 is 0 Å². The first-order valence-electron chi connectivity index (χ1n) is 6.62. The number of rotatable bonds is 5. The summed E-state index contributed by atoms with van der Waals surface area (Å²) in [5.41, 5.74) is 0.426. The Bertz CT molecular complexity index is 650. The van der Waals surface area contributed by atoms with Gasteiger partial charge in [-0.25, -0.2) is 9.97 Å². The lowest BCUT2D eigenvalue weighted by atomic mass is 10.2. The molecule has 1 fully saturated rings. The molecule has 1 saturated carbocycles. The first-order chi connectivity index (χ1) is 10.2. The summed E-state index contributed by atoms with van der Waals surface area (Å²) in [5, 5.41) is 11.8. The van der Waals surface area contributed by atoms with Crippen LogP contribution >= 0.6 is 0 Å². The highest BCUT2D eigenvalue weighted by Crippen LogP contribution is 2.29. The van der Waals surface area contributed by atoms with Crippen LogP contribution in [0.5, 0.6) is 0 Å². The Morgan fingerprint density at radius 1 is 1.33 bits per heavy atom. The van der Waals surface area contributed by atoms with Gasteiger partial charge in [0.15, 0.2) is 0 Å². The molecule has 0 spiro atoms. The molecule has 21 heavy (non-hydrogen) atoms. The first kappa shape index (κ1) is 13.2. The molecule has 108 valence electrons. The SMILES string of the molecule is O=C(NCc1ncn[nH]1)c1ccnc(NC(=O)C2CC2)c1. The zero-order valence-corrected chi connectivity index (χ0v) is 11.2. The molecule has 8 nitrogen and oxygen atoms in total. The van der Waals surface area contributed by atoms with E-state index in [0.717, 1.165) is 12.8 Å². The number of pyridine rings is 1. The molecule has 3 rings (SSSR count). The maximum Gasteiger partial charge on any atom is 0.251 e. The highest BCUT2D eigenvalue weighted by atomic mass is 16.2. The lowest BCUT2D eigenvalue weighted by Crippen LogP contribution is -2.24. The van der Waals surface area contributed by atoms with Crippen LogP contribution in [-0.4, -0.2) is 32.0 Å². The summed E-state index contributed by atoms with van der Waals surface area (Å²) in [7, 11) is 0. The topological polar surface area (TPSA) is 113 Å². The van der Waals surface area contributed by atoms with E-state index < -0.39 is 0 Å². The second kappa shape index (κ2) is 5.70. The van der Waals surface area contributed by atoms with Crippen LogP contribution in [0.25, 0.3) is 0 Å². The number of carbonyl (C=O) groups excluding carboxylic acids is 2. The molecule has 2 aromatic heterocycles. The van der Waals surface area contributed by atoms with Gasteiger partial charge in [-0.15, -0.1) is 0 Å². The predicted molar refractivity (Wildman–Crippen MR) is 73.1 cm³/mol. The van der Waals surface area contributed by atoms with Crippen molar-refractivity contribution in [3.05, 3.63) is 36.0 Å². The molecule has 0 aliphatic heterocycles. The van der Waals surface area contributed by atoms with Crippen LogP contribution in [0.1, 0.15) is 29.0 Å². The van der Waals surface area contributed by atoms with E-state index in [1.807, 2.05) is 0 Å². The smallest absolute Gasteiger partial charge is 0.251 e. The van der Waals surface area contributed by atoms with Crippen molar-refractivity contribution in [3.8, 4) is 0 Å². The summed E-state index contributed by atoms with van der Waals surface area (Å²) in [6.45, 7) is 0.255. The Kier molecular flexibility index (Phi) is 3.59. The Morgan fingerprint density at radius 2 is 2.19 bits per heavy atom. The highest BCUT2D eigenvalue weighted by Gasteiger charge is 2.29. The van der Waals surface area contributed by atoms with Gasteiger partial charge in [0.05, 0.1) is 6.54 Å². The number of anilines is 1. The quantitative estimate of drug-likeness (QED) is 0.740. The van der Waals surface area contributed by atoms with E-state index in [9.17, 15) is 9.59 Å². The van der Waals surface area contributed by atoms with Gasteiger partial charge in [-0.05, 0) is 25.0 Å². The molecule has 3 N–H and O–H groups in total. The summed E-state index contributed by atoms with van der Waals surface area (Å²) in [6.07, 6.45) is 4.71. The third kappa shape index (κ3) is 3.41. The van der Waals surface area contributed by atoms with Crippen LogP contribution in [0.2, 0.25) is 0 Å². The van der Waals surface area contributed by atoms with E-state index >= 15 is 0 Å². The normalized spacial score (nSPS) is 13.7. The number of hydrogen-bond donors (Lipinski definition) is 3. The minimum atomic E-state index is -0.268.